The first kappa shape index (κ1) is 25.7. The van der Waals surface area contributed by atoms with Gasteiger partial charge in [0.2, 0.25) is 16.2 Å². The fourth-order valence-electron chi connectivity index (χ4n) is 4.00. The second-order valence-corrected chi connectivity index (χ2v) is 9.63. The molecular weight excluding hydrogens is 474 g/mol. The number of likely N-dealkylation sites (N-methyl/N-ethyl adjacent to an activating group) is 1. The molecule has 0 bridgehead atoms. The molecule has 0 unspecified atom stereocenters. The summed E-state index contributed by atoms with van der Waals surface area (Å²) in [7, 11) is 0. The number of carbonyl (C=O) groups is 2. The molecule has 9 nitrogen and oxygen atoms in total. The molecule has 0 saturated carbocycles. The van der Waals surface area contributed by atoms with Gasteiger partial charge < -0.3 is 20.9 Å². The molecule has 0 spiro atoms. The summed E-state index contributed by atoms with van der Waals surface area (Å²) in [6, 6.07) is 17.5. The van der Waals surface area contributed by atoms with Gasteiger partial charge in [-0.25, -0.2) is 0 Å². The molecule has 2 heterocycles. The first-order chi connectivity index (χ1) is 17.6. The smallest absolute Gasteiger partial charge is 0.251 e. The van der Waals surface area contributed by atoms with E-state index >= 15 is 0 Å². The Bertz CT molecular complexity index is 1110. The molecule has 2 amide bonds. The van der Waals surface area contributed by atoms with Crippen molar-refractivity contribution in [3.05, 3.63) is 71.3 Å². The highest BCUT2D eigenvalue weighted by Crippen LogP contribution is 2.25. The Labute approximate surface area is 215 Å². The first-order valence-electron chi connectivity index (χ1n) is 12.3. The third kappa shape index (κ3) is 7.58. The van der Waals surface area contributed by atoms with Crippen molar-refractivity contribution in [2.24, 2.45) is 0 Å². The van der Waals surface area contributed by atoms with Gasteiger partial charge in [-0.2, -0.15) is 0 Å². The molecule has 1 aromatic heterocycles. The largest absolute Gasteiger partial charge is 0.351 e. The van der Waals surface area contributed by atoms with Crippen molar-refractivity contribution < 1.29 is 9.59 Å². The van der Waals surface area contributed by atoms with E-state index in [1.165, 1.54) is 16.9 Å². The number of nitrogens with zero attached hydrogens (tertiary/aromatic N) is 4. The van der Waals surface area contributed by atoms with Crippen LogP contribution in [0.3, 0.4) is 0 Å². The van der Waals surface area contributed by atoms with Crippen LogP contribution in [-0.4, -0.2) is 72.7 Å². The van der Waals surface area contributed by atoms with Crippen molar-refractivity contribution in [2.75, 3.05) is 56.0 Å². The molecule has 2 aromatic carbocycles. The van der Waals surface area contributed by atoms with Crippen LogP contribution in [0.5, 0.6) is 0 Å². The molecule has 0 aliphatic carbocycles. The lowest BCUT2D eigenvalue weighted by molar-refractivity contribution is -0.115. The second kappa shape index (κ2) is 13.1. The number of benzene rings is 2. The maximum atomic E-state index is 12.3. The Kier molecular flexibility index (Phi) is 9.37. The van der Waals surface area contributed by atoms with E-state index in [-0.39, 0.29) is 11.8 Å². The van der Waals surface area contributed by atoms with E-state index in [1.807, 2.05) is 61.5 Å². The van der Waals surface area contributed by atoms with Crippen LogP contribution >= 0.6 is 11.3 Å². The van der Waals surface area contributed by atoms with E-state index < -0.39 is 0 Å². The zero-order valence-electron chi connectivity index (χ0n) is 20.6. The Morgan fingerprint density at radius 2 is 1.67 bits per heavy atom. The lowest BCUT2D eigenvalue weighted by Gasteiger charge is -2.34. The zero-order valence-corrected chi connectivity index (χ0v) is 21.4. The standard InChI is InChI=1S/C26H33N7O2S/c1-2-27-12-13-28-24(35)22-10-8-21(9-11-22)19-32-14-16-33(17-15-32)26-31-30-25(36-26)29-23(34)18-20-6-4-3-5-7-20/h3-11,27H,2,12-19H2,1H3,(H,28,35)(H,29,30,34). The van der Waals surface area contributed by atoms with Crippen LogP contribution in [0.2, 0.25) is 0 Å². The maximum absolute atomic E-state index is 12.3. The second-order valence-electron chi connectivity index (χ2n) is 8.67. The van der Waals surface area contributed by atoms with Crippen LogP contribution in [0.15, 0.2) is 54.6 Å². The van der Waals surface area contributed by atoms with Crippen LogP contribution in [0.25, 0.3) is 0 Å². The van der Waals surface area contributed by atoms with Gasteiger partial charge in [0, 0.05) is 51.4 Å². The zero-order chi connectivity index (χ0) is 25.2. The number of aromatic nitrogens is 2. The minimum atomic E-state index is -0.0919. The van der Waals surface area contributed by atoms with Gasteiger partial charge in [-0.15, -0.1) is 10.2 Å². The fraction of sp³-hybridized carbons (Fsp3) is 0.385. The van der Waals surface area contributed by atoms with Crippen molar-refractivity contribution in [1.29, 1.82) is 0 Å². The highest BCUT2D eigenvalue weighted by atomic mass is 32.1. The summed E-state index contributed by atoms with van der Waals surface area (Å²) in [5, 5.41) is 18.8. The van der Waals surface area contributed by atoms with Gasteiger partial charge in [0.25, 0.3) is 5.91 Å². The molecule has 36 heavy (non-hydrogen) atoms. The van der Waals surface area contributed by atoms with Crippen molar-refractivity contribution in [3.8, 4) is 0 Å². The molecule has 1 fully saturated rings. The monoisotopic (exact) mass is 507 g/mol. The number of hydrogen-bond acceptors (Lipinski definition) is 8. The van der Waals surface area contributed by atoms with Crippen LogP contribution in [0, 0.1) is 0 Å². The normalized spacial score (nSPS) is 14.0. The third-order valence-electron chi connectivity index (χ3n) is 5.97. The van der Waals surface area contributed by atoms with Crippen LogP contribution in [-0.2, 0) is 17.8 Å². The van der Waals surface area contributed by atoms with Gasteiger partial charge in [0.05, 0.1) is 6.42 Å². The van der Waals surface area contributed by atoms with Crippen molar-refractivity contribution in [3.63, 3.8) is 0 Å². The summed E-state index contributed by atoms with van der Waals surface area (Å²) >= 11 is 1.41. The number of amides is 2. The molecule has 1 aliphatic heterocycles. The number of nitrogens with one attached hydrogen (secondary N) is 3. The predicted molar refractivity (Wildman–Crippen MR) is 143 cm³/mol. The van der Waals surface area contributed by atoms with Gasteiger partial charge in [0.15, 0.2) is 0 Å². The average molecular weight is 508 g/mol. The lowest BCUT2D eigenvalue weighted by Crippen LogP contribution is -2.45. The van der Waals surface area contributed by atoms with Crippen molar-refractivity contribution in [1.82, 2.24) is 25.7 Å². The number of rotatable bonds is 11. The lowest BCUT2D eigenvalue weighted by atomic mass is 10.1. The maximum Gasteiger partial charge on any atom is 0.251 e. The summed E-state index contributed by atoms with van der Waals surface area (Å²) in [6.45, 7) is 8.67. The van der Waals surface area contributed by atoms with Crippen molar-refractivity contribution in [2.45, 2.75) is 19.9 Å². The summed E-state index contributed by atoms with van der Waals surface area (Å²) in [4.78, 5) is 29.1. The number of anilines is 2. The number of carbonyl (C=O) groups excluding carboxylic acids is 2. The van der Waals surface area contributed by atoms with E-state index in [0.29, 0.717) is 23.7 Å². The molecule has 0 atom stereocenters. The predicted octanol–water partition coefficient (Wildman–Crippen LogP) is 2.38. The Balaban J connectivity index is 1.20. The van der Waals surface area contributed by atoms with Gasteiger partial charge in [-0.05, 0) is 29.8 Å². The van der Waals surface area contributed by atoms with Gasteiger partial charge in [0.1, 0.15) is 0 Å². The van der Waals surface area contributed by atoms with Gasteiger partial charge in [-0.3, -0.25) is 14.5 Å². The Morgan fingerprint density at radius 1 is 0.917 bits per heavy atom. The molecular formula is C26H33N7O2S. The molecule has 1 aliphatic rings. The Morgan fingerprint density at radius 3 is 2.39 bits per heavy atom. The quantitative estimate of drug-likeness (QED) is 0.343. The highest BCUT2D eigenvalue weighted by Gasteiger charge is 2.21. The molecule has 190 valence electrons. The van der Waals surface area contributed by atoms with E-state index in [4.69, 9.17) is 0 Å². The fourth-order valence-corrected chi connectivity index (χ4v) is 4.81. The van der Waals surface area contributed by atoms with E-state index in [1.54, 1.807) is 0 Å². The molecule has 0 radical (unpaired) electrons. The van der Waals surface area contributed by atoms with Crippen molar-refractivity contribution >= 4 is 33.4 Å². The summed E-state index contributed by atoms with van der Waals surface area (Å²) < 4.78 is 0. The molecule has 1 saturated heterocycles. The summed E-state index contributed by atoms with van der Waals surface area (Å²) in [5.41, 5.74) is 2.84. The topological polar surface area (TPSA) is 102 Å². The summed E-state index contributed by atoms with van der Waals surface area (Å²) in [6.07, 6.45) is 0.316. The molecule has 3 aromatic rings. The van der Waals surface area contributed by atoms with E-state index in [0.717, 1.165) is 56.5 Å². The van der Waals surface area contributed by atoms with Crippen LogP contribution < -0.4 is 20.9 Å². The molecule has 3 N–H and O–H groups in total. The Hall–Kier alpha value is -3.34. The van der Waals surface area contributed by atoms with Crippen LogP contribution in [0.4, 0.5) is 10.3 Å². The number of hydrogen-bond donors (Lipinski definition) is 3. The first-order valence-corrected chi connectivity index (χ1v) is 13.1. The highest BCUT2D eigenvalue weighted by molar-refractivity contribution is 7.19. The minimum absolute atomic E-state index is 0.0410. The van der Waals surface area contributed by atoms with Gasteiger partial charge >= 0.3 is 0 Å². The van der Waals surface area contributed by atoms with Crippen LogP contribution in [0.1, 0.15) is 28.4 Å². The third-order valence-corrected chi connectivity index (χ3v) is 6.87. The minimum Gasteiger partial charge on any atom is -0.351 e. The number of piperazine rings is 1. The van der Waals surface area contributed by atoms with E-state index in [9.17, 15) is 9.59 Å². The average Bonchev–Trinajstić information content (AvgIpc) is 3.36. The summed E-state index contributed by atoms with van der Waals surface area (Å²) in [5.74, 6) is -0.133. The molecule has 10 heteroatoms. The molecule has 4 rings (SSSR count). The van der Waals surface area contributed by atoms with Gasteiger partial charge in [-0.1, -0.05) is 60.7 Å². The van der Waals surface area contributed by atoms with E-state index in [2.05, 4.69) is 35.9 Å². The SMILES string of the molecule is CCNCCNC(=O)c1ccc(CN2CCN(c3nnc(NC(=O)Cc4ccccc4)s3)CC2)cc1.